The molecule has 0 saturated carbocycles. The molecule has 0 atom stereocenters. The standard InChI is InChI=1S/C19H18N2O3/c1-23-17-9-5-8-15(12-17)18-13-16(21-24-18)10-11-20-19(22)14-6-3-2-4-7-14/h2-9,12-13H,10-11H2,1H3,(H,20,22). The highest BCUT2D eigenvalue weighted by Gasteiger charge is 2.09. The van der Waals surface area contributed by atoms with Crippen molar-refractivity contribution in [2.24, 2.45) is 0 Å². The van der Waals surface area contributed by atoms with Gasteiger partial charge in [0, 0.05) is 30.2 Å². The Morgan fingerprint density at radius 2 is 1.96 bits per heavy atom. The van der Waals surface area contributed by atoms with E-state index in [1.807, 2.05) is 48.5 Å². The van der Waals surface area contributed by atoms with Crippen LogP contribution in [0.1, 0.15) is 16.1 Å². The number of hydrogen-bond acceptors (Lipinski definition) is 4. The number of rotatable bonds is 6. The molecule has 0 fully saturated rings. The third-order valence-corrected chi connectivity index (χ3v) is 3.62. The van der Waals surface area contributed by atoms with Gasteiger partial charge in [-0.2, -0.15) is 0 Å². The Bertz CT molecular complexity index is 812. The molecule has 0 aliphatic carbocycles. The lowest BCUT2D eigenvalue weighted by Gasteiger charge is -2.03. The van der Waals surface area contributed by atoms with Gasteiger partial charge < -0.3 is 14.6 Å². The maximum absolute atomic E-state index is 12.0. The summed E-state index contributed by atoms with van der Waals surface area (Å²) in [6.45, 7) is 0.498. The molecule has 1 N–H and O–H groups in total. The second-order valence-corrected chi connectivity index (χ2v) is 5.29. The van der Waals surface area contributed by atoms with Gasteiger partial charge in [0.1, 0.15) is 5.75 Å². The van der Waals surface area contributed by atoms with Gasteiger partial charge in [0.05, 0.1) is 12.8 Å². The number of nitrogens with one attached hydrogen (secondary N) is 1. The van der Waals surface area contributed by atoms with E-state index in [1.165, 1.54) is 0 Å². The van der Waals surface area contributed by atoms with E-state index in [0.29, 0.717) is 24.3 Å². The minimum Gasteiger partial charge on any atom is -0.497 e. The summed E-state index contributed by atoms with van der Waals surface area (Å²) in [7, 11) is 1.63. The van der Waals surface area contributed by atoms with Crippen LogP contribution in [0, 0.1) is 0 Å². The van der Waals surface area contributed by atoms with Gasteiger partial charge in [-0.25, -0.2) is 0 Å². The Balaban J connectivity index is 1.57. The number of nitrogens with zero attached hydrogens (tertiary/aromatic N) is 1. The zero-order valence-electron chi connectivity index (χ0n) is 13.4. The lowest BCUT2D eigenvalue weighted by atomic mass is 10.1. The van der Waals surface area contributed by atoms with Crippen molar-refractivity contribution >= 4 is 5.91 Å². The van der Waals surface area contributed by atoms with E-state index in [1.54, 1.807) is 19.2 Å². The van der Waals surface area contributed by atoms with E-state index in [-0.39, 0.29) is 5.91 Å². The van der Waals surface area contributed by atoms with Crippen molar-refractivity contribution < 1.29 is 14.1 Å². The normalized spacial score (nSPS) is 10.4. The minimum absolute atomic E-state index is 0.0906. The zero-order chi connectivity index (χ0) is 16.8. The van der Waals surface area contributed by atoms with Crippen LogP contribution >= 0.6 is 0 Å². The number of hydrogen-bond donors (Lipinski definition) is 1. The maximum Gasteiger partial charge on any atom is 0.251 e. The summed E-state index contributed by atoms with van der Waals surface area (Å²) >= 11 is 0. The first-order valence-corrected chi connectivity index (χ1v) is 7.69. The molecule has 24 heavy (non-hydrogen) atoms. The first-order valence-electron chi connectivity index (χ1n) is 7.69. The quantitative estimate of drug-likeness (QED) is 0.756. The Morgan fingerprint density at radius 1 is 1.12 bits per heavy atom. The van der Waals surface area contributed by atoms with Crippen LogP contribution in [0.15, 0.2) is 65.2 Å². The molecule has 1 heterocycles. The molecule has 0 aliphatic heterocycles. The maximum atomic E-state index is 12.0. The number of amides is 1. The highest BCUT2D eigenvalue weighted by molar-refractivity contribution is 5.94. The Labute approximate surface area is 140 Å². The number of benzene rings is 2. The van der Waals surface area contributed by atoms with Crippen molar-refractivity contribution in [2.45, 2.75) is 6.42 Å². The predicted molar refractivity (Wildman–Crippen MR) is 91.0 cm³/mol. The van der Waals surface area contributed by atoms with Crippen LogP contribution in [0.3, 0.4) is 0 Å². The van der Waals surface area contributed by atoms with E-state index >= 15 is 0 Å². The third kappa shape index (κ3) is 3.81. The molecular weight excluding hydrogens is 304 g/mol. The number of ether oxygens (including phenoxy) is 1. The highest BCUT2D eigenvalue weighted by Crippen LogP contribution is 2.24. The van der Waals surface area contributed by atoms with Crippen LogP contribution in [0.2, 0.25) is 0 Å². The fourth-order valence-electron chi connectivity index (χ4n) is 2.34. The molecule has 0 unspecified atom stereocenters. The summed E-state index contributed by atoms with van der Waals surface area (Å²) in [5.74, 6) is 1.35. The second kappa shape index (κ2) is 7.46. The van der Waals surface area contributed by atoms with Gasteiger partial charge in [0.15, 0.2) is 5.76 Å². The van der Waals surface area contributed by atoms with Gasteiger partial charge in [-0.3, -0.25) is 4.79 Å². The zero-order valence-corrected chi connectivity index (χ0v) is 13.4. The van der Waals surface area contributed by atoms with Gasteiger partial charge in [-0.15, -0.1) is 0 Å². The van der Waals surface area contributed by atoms with Crippen LogP contribution in [0.5, 0.6) is 5.75 Å². The topological polar surface area (TPSA) is 64.4 Å². The van der Waals surface area contributed by atoms with Crippen LogP contribution in [0.25, 0.3) is 11.3 Å². The molecule has 3 rings (SSSR count). The van der Waals surface area contributed by atoms with Gasteiger partial charge in [0.2, 0.25) is 0 Å². The van der Waals surface area contributed by atoms with E-state index < -0.39 is 0 Å². The predicted octanol–water partition coefficient (Wildman–Crippen LogP) is 3.32. The molecule has 0 spiro atoms. The van der Waals surface area contributed by atoms with Gasteiger partial charge >= 0.3 is 0 Å². The number of methoxy groups -OCH3 is 1. The van der Waals surface area contributed by atoms with Crippen molar-refractivity contribution in [3.05, 3.63) is 71.9 Å². The minimum atomic E-state index is -0.0906. The van der Waals surface area contributed by atoms with Crippen LogP contribution in [-0.4, -0.2) is 24.7 Å². The van der Waals surface area contributed by atoms with Crippen molar-refractivity contribution in [1.29, 1.82) is 0 Å². The van der Waals surface area contributed by atoms with E-state index in [2.05, 4.69) is 10.5 Å². The molecule has 2 aromatic carbocycles. The van der Waals surface area contributed by atoms with Gasteiger partial charge in [-0.1, -0.05) is 35.5 Å². The lowest BCUT2D eigenvalue weighted by molar-refractivity contribution is 0.0954. The molecule has 0 saturated heterocycles. The summed E-state index contributed by atoms with van der Waals surface area (Å²) in [6, 6.07) is 18.6. The van der Waals surface area contributed by atoms with E-state index in [4.69, 9.17) is 9.26 Å². The third-order valence-electron chi connectivity index (χ3n) is 3.62. The monoisotopic (exact) mass is 322 g/mol. The Kier molecular flexibility index (Phi) is 4.91. The molecule has 0 radical (unpaired) electrons. The largest absolute Gasteiger partial charge is 0.497 e. The van der Waals surface area contributed by atoms with Crippen LogP contribution < -0.4 is 10.1 Å². The van der Waals surface area contributed by atoms with Gasteiger partial charge in [0.25, 0.3) is 5.91 Å². The number of carbonyl (C=O) groups excluding carboxylic acids is 1. The average Bonchev–Trinajstić information content (AvgIpc) is 3.11. The lowest BCUT2D eigenvalue weighted by Crippen LogP contribution is -2.25. The molecule has 3 aromatic rings. The first kappa shape index (κ1) is 15.8. The summed E-state index contributed by atoms with van der Waals surface area (Å²) in [4.78, 5) is 12.0. The van der Waals surface area contributed by atoms with Crippen molar-refractivity contribution in [1.82, 2.24) is 10.5 Å². The fraction of sp³-hybridized carbons (Fsp3) is 0.158. The average molecular weight is 322 g/mol. The molecule has 5 heteroatoms. The molecule has 1 amide bonds. The van der Waals surface area contributed by atoms with Crippen molar-refractivity contribution in [3.63, 3.8) is 0 Å². The fourth-order valence-corrected chi connectivity index (χ4v) is 2.34. The van der Waals surface area contributed by atoms with E-state index in [0.717, 1.165) is 17.0 Å². The molecule has 5 nitrogen and oxygen atoms in total. The van der Waals surface area contributed by atoms with E-state index in [9.17, 15) is 4.79 Å². The summed E-state index contributed by atoms with van der Waals surface area (Å²) in [6.07, 6.45) is 0.603. The molecule has 122 valence electrons. The summed E-state index contributed by atoms with van der Waals surface area (Å²) in [5.41, 5.74) is 2.34. The Hall–Kier alpha value is -3.08. The SMILES string of the molecule is COc1cccc(-c2cc(CCNC(=O)c3ccccc3)no2)c1. The molecular formula is C19H18N2O3. The number of aromatic nitrogens is 1. The first-order chi connectivity index (χ1) is 11.8. The second-order valence-electron chi connectivity index (χ2n) is 5.29. The van der Waals surface area contributed by atoms with Crippen molar-refractivity contribution in [2.75, 3.05) is 13.7 Å². The molecule has 0 aliphatic rings. The van der Waals surface area contributed by atoms with Crippen LogP contribution in [0.4, 0.5) is 0 Å². The van der Waals surface area contributed by atoms with Gasteiger partial charge in [-0.05, 0) is 24.3 Å². The summed E-state index contributed by atoms with van der Waals surface area (Å²) in [5, 5.41) is 6.92. The number of carbonyl (C=O) groups is 1. The van der Waals surface area contributed by atoms with Crippen LogP contribution in [-0.2, 0) is 6.42 Å². The highest BCUT2D eigenvalue weighted by atomic mass is 16.5. The Morgan fingerprint density at radius 3 is 2.75 bits per heavy atom. The summed E-state index contributed by atoms with van der Waals surface area (Å²) < 4.78 is 10.6. The van der Waals surface area contributed by atoms with Crippen molar-refractivity contribution in [3.8, 4) is 17.1 Å². The smallest absolute Gasteiger partial charge is 0.251 e. The molecule has 0 bridgehead atoms. The molecule has 1 aromatic heterocycles.